The van der Waals surface area contributed by atoms with E-state index in [1.54, 1.807) is 0 Å². The minimum atomic E-state index is 1.11. The highest BCUT2D eigenvalue weighted by atomic mass is 15.2. The molecule has 7 aromatic carbocycles. The smallest absolute Gasteiger partial charge is 0.0788 e. The summed E-state index contributed by atoms with van der Waals surface area (Å²) in [7, 11) is 0. The molecule has 272 valence electrons. The fourth-order valence-electron chi connectivity index (χ4n) is 5.68. The SMILES string of the molecule is CC.CC.CC.CC.CCCC.c1ccc(N(c2ccccc2)c2c(N(c3ccccc3)c3ccccc3)c3ccccc3c3ccccc23)cc1. The van der Waals surface area contributed by atoms with Crippen molar-refractivity contribution in [3.63, 3.8) is 0 Å². The van der Waals surface area contributed by atoms with Crippen LogP contribution in [0.4, 0.5) is 34.1 Å². The van der Waals surface area contributed by atoms with Crippen molar-refractivity contribution in [2.45, 2.75) is 82.1 Å². The topological polar surface area (TPSA) is 6.48 Å². The van der Waals surface area contributed by atoms with Crippen molar-refractivity contribution >= 4 is 55.7 Å². The number of benzene rings is 7. The maximum atomic E-state index is 2.41. The van der Waals surface area contributed by atoms with E-state index in [9.17, 15) is 0 Å². The van der Waals surface area contributed by atoms with Crippen LogP contribution in [-0.2, 0) is 0 Å². The lowest BCUT2D eigenvalue weighted by molar-refractivity contribution is 0.886. The van der Waals surface area contributed by atoms with Crippen molar-refractivity contribution in [2.24, 2.45) is 0 Å². The Balaban J connectivity index is 0.000000702. The zero-order valence-electron chi connectivity index (χ0n) is 33.5. The van der Waals surface area contributed by atoms with Crippen molar-refractivity contribution < 1.29 is 0 Å². The normalized spacial score (nSPS) is 9.50. The quantitative estimate of drug-likeness (QED) is 0.121. The van der Waals surface area contributed by atoms with Crippen molar-refractivity contribution in [1.29, 1.82) is 0 Å². The second-order valence-corrected chi connectivity index (χ2v) is 10.8. The van der Waals surface area contributed by atoms with E-state index < -0.39 is 0 Å². The van der Waals surface area contributed by atoms with Crippen molar-refractivity contribution in [2.75, 3.05) is 9.80 Å². The van der Waals surface area contributed by atoms with E-state index in [1.165, 1.54) is 34.4 Å². The summed E-state index contributed by atoms with van der Waals surface area (Å²) >= 11 is 0. The molecule has 7 aromatic rings. The lowest BCUT2D eigenvalue weighted by Gasteiger charge is -2.35. The maximum Gasteiger partial charge on any atom is 0.0788 e. The first-order valence-corrected chi connectivity index (χ1v) is 19.6. The zero-order valence-corrected chi connectivity index (χ0v) is 33.5. The lowest BCUT2D eigenvalue weighted by atomic mass is 9.95. The van der Waals surface area contributed by atoms with E-state index in [1.807, 2.05) is 55.4 Å². The van der Waals surface area contributed by atoms with Gasteiger partial charge >= 0.3 is 0 Å². The average Bonchev–Trinajstić information content (AvgIpc) is 3.26. The molecule has 0 unspecified atom stereocenters. The molecule has 2 heteroatoms. The van der Waals surface area contributed by atoms with Gasteiger partial charge in [-0.05, 0) is 59.3 Å². The van der Waals surface area contributed by atoms with E-state index in [4.69, 9.17) is 0 Å². The van der Waals surface area contributed by atoms with Crippen molar-refractivity contribution in [3.05, 3.63) is 170 Å². The largest absolute Gasteiger partial charge is 0.308 e. The molecule has 0 aliphatic carbocycles. The summed E-state index contributed by atoms with van der Waals surface area (Å²) < 4.78 is 0. The van der Waals surface area contributed by atoms with Gasteiger partial charge in [0.05, 0.1) is 11.4 Å². The van der Waals surface area contributed by atoms with E-state index in [0.29, 0.717) is 0 Å². The van der Waals surface area contributed by atoms with Gasteiger partial charge in [-0.15, -0.1) is 0 Å². The minimum Gasteiger partial charge on any atom is -0.308 e. The van der Waals surface area contributed by atoms with Crippen molar-refractivity contribution in [3.8, 4) is 0 Å². The third-order valence-electron chi connectivity index (χ3n) is 7.88. The van der Waals surface area contributed by atoms with E-state index in [0.717, 1.165) is 34.1 Å². The second kappa shape index (κ2) is 24.7. The molecule has 0 atom stereocenters. The number of hydrogen-bond acceptors (Lipinski definition) is 2. The fourth-order valence-corrected chi connectivity index (χ4v) is 5.68. The van der Waals surface area contributed by atoms with Crippen LogP contribution in [-0.4, -0.2) is 0 Å². The van der Waals surface area contributed by atoms with E-state index in [-0.39, 0.29) is 0 Å². The van der Waals surface area contributed by atoms with Gasteiger partial charge in [-0.1, -0.05) is 203 Å². The Kier molecular flexibility index (Phi) is 20.4. The molecular weight excluding hydrogens is 629 g/mol. The number of fused-ring (bicyclic) bond motifs is 3. The van der Waals surface area contributed by atoms with Crippen LogP contribution in [0.5, 0.6) is 0 Å². The first-order valence-electron chi connectivity index (χ1n) is 19.6. The van der Waals surface area contributed by atoms with Crippen LogP contribution >= 0.6 is 0 Å². The highest BCUT2D eigenvalue weighted by Gasteiger charge is 2.27. The molecule has 0 aliphatic rings. The summed E-state index contributed by atoms with van der Waals surface area (Å²) in [5.74, 6) is 0. The Morgan fingerprint density at radius 3 is 0.673 bits per heavy atom. The zero-order chi connectivity index (χ0) is 38.1. The average molecular weight is 691 g/mol. The van der Waals surface area contributed by atoms with Gasteiger partial charge in [0.15, 0.2) is 0 Å². The van der Waals surface area contributed by atoms with Gasteiger partial charge in [-0.2, -0.15) is 0 Å². The van der Waals surface area contributed by atoms with Gasteiger partial charge in [0, 0.05) is 33.5 Å². The van der Waals surface area contributed by atoms with E-state index in [2.05, 4.69) is 194 Å². The van der Waals surface area contributed by atoms with Crippen LogP contribution in [0.2, 0.25) is 0 Å². The highest BCUT2D eigenvalue weighted by molar-refractivity contribution is 6.23. The lowest BCUT2D eigenvalue weighted by Crippen LogP contribution is -2.18. The predicted molar refractivity (Wildman–Crippen MR) is 237 cm³/mol. The Hall–Kier alpha value is -5.34. The van der Waals surface area contributed by atoms with Crippen LogP contribution in [0, 0.1) is 0 Å². The molecule has 0 radical (unpaired) electrons. The van der Waals surface area contributed by atoms with Crippen molar-refractivity contribution in [1.82, 2.24) is 0 Å². The molecule has 0 bridgehead atoms. The summed E-state index contributed by atoms with van der Waals surface area (Å²) in [4.78, 5) is 4.81. The molecule has 0 saturated heterocycles. The molecule has 0 fully saturated rings. The van der Waals surface area contributed by atoms with Crippen LogP contribution in [0.1, 0.15) is 82.1 Å². The molecule has 0 heterocycles. The maximum absolute atomic E-state index is 2.41. The minimum absolute atomic E-state index is 1.11. The molecule has 52 heavy (non-hydrogen) atoms. The summed E-state index contributed by atoms with van der Waals surface area (Å²) in [6, 6.07) is 60.3. The Morgan fingerprint density at radius 2 is 0.462 bits per heavy atom. The first kappa shape index (κ1) is 42.8. The molecule has 7 rings (SSSR count). The Morgan fingerprint density at radius 1 is 0.269 bits per heavy atom. The number of anilines is 6. The number of nitrogens with zero attached hydrogens (tertiary/aromatic N) is 2. The number of rotatable bonds is 7. The van der Waals surface area contributed by atoms with Gasteiger partial charge in [0.25, 0.3) is 0 Å². The molecule has 0 amide bonds. The molecule has 2 nitrogen and oxygen atoms in total. The summed E-state index contributed by atoms with van der Waals surface area (Å²) in [5, 5.41) is 4.85. The number of hydrogen-bond donors (Lipinski definition) is 0. The third kappa shape index (κ3) is 10.6. The van der Waals surface area contributed by atoms with Crippen LogP contribution in [0.25, 0.3) is 21.5 Å². The number of para-hydroxylation sites is 4. The molecule has 0 spiro atoms. The molecule has 0 aliphatic heterocycles. The van der Waals surface area contributed by atoms with Crippen LogP contribution < -0.4 is 9.80 Å². The summed E-state index contributed by atoms with van der Waals surface area (Å²) in [5.41, 5.74) is 6.71. The van der Waals surface area contributed by atoms with Gasteiger partial charge < -0.3 is 9.80 Å². The summed E-state index contributed by atoms with van der Waals surface area (Å²) in [6.07, 6.45) is 2.64. The van der Waals surface area contributed by atoms with E-state index >= 15 is 0 Å². The Labute approximate surface area is 316 Å². The predicted octanol–water partition coefficient (Wildman–Crippen LogP) is 16.8. The molecular formula is C50H62N2. The number of unbranched alkanes of at least 4 members (excludes halogenated alkanes) is 1. The van der Waals surface area contributed by atoms with Gasteiger partial charge in [0.2, 0.25) is 0 Å². The molecule has 0 aromatic heterocycles. The van der Waals surface area contributed by atoms with Gasteiger partial charge in [-0.25, -0.2) is 0 Å². The Bertz CT molecular complexity index is 1700. The molecule has 0 saturated carbocycles. The standard InChI is InChI=1S/C38H28N2.C4H10.4C2H6/c1-5-17-29(18-6-1)39(30-19-7-2-8-20-30)37-35-27-15-13-25-33(35)34-26-14-16-28-36(34)38(37)40(31-21-9-3-10-22-31)32-23-11-4-12-24-32;1-3-4-2;4*1-2/h1-28H;3-4H2,1-2H3;4*1-2H3. The van der Waals surface area contributed by atoms with Crippen LogP contribution in [0.15, 0.2) is 170 Å². The van der Waals surface area contributed by atoms with Gasteiger partial charge in [0.1, 0.15) is 0 Å². The fraction of sp³-hybridized carbons (Fsp3) is 0.240. The monoisotopic (exact) mass is 690 g/mol. The van der Waals surface area contributed by atoms with Gasteiger partial charge in [-0.3, -0.25) is 0 Å². The summed E-state index contributed by atoms with van der Waals surface area (Å²) in [6.45, 7) is 20.4. The highest BCUT2D eigenvalue weighted by Crippen LogP contribution is 2.52. The first-order chi connectivity index (χ1) is 25.8. The second-order valence-electron chi connectivity index (χ2n) is 10.8. The molecule has 0 N–H and O–H groups in total. The third-order valence-corrected chi connectivity index (χ3v) is 7.88. The van der Waals surface area contributed by atoms with Crippen LogP contribution in [0.3, 0.4) is 0 Å².